The number of fused-ring (bicyclic) bond motifs is 1. The highest BCUT2D eigenvalue weighted by Gasteiger charge is 2.17. The lowest BCUT2D eigenvalue weighted by atomic mass is 9.94. The molecule has 5 nitrogen and oxygen atoms in total. The summed E-state index contributed by atoms with van der Waals surface area (Å²) in [6.45, 7) is 3.94. The van der Waals surface area contributed by atoms with Gasteiger partial charge in [-0.2, -0.15) is 0 Å². The van der Waals surface area contributed by atoms with E-state index in [2.05, 4.69) is 34.6 Å². The Balaban J connectivity index is 1.60. The number of aliphatic imine (C=N–C) groups is 1. The molecule has 2 heterocycles. The number of rotatable bonds is 14. The van der Waals surface area contributed by atoms with Gasteiger partial charge in [0.2, 0.25) is 0 Å². The highest BCUT2D eigenvalue weighted by molar-refractivity contribution is 5.97. The third-order valence-corrected chi connectivity index (χ3v) is 6.11. The van der Waals surface area contributed by atoms with Crippen molar-refractivity contribution < 1.29 is 14.6 Å². The van der Waals surface area contributed by atoms with E-state index in [-0.39, 0.29) is 19.2 Å². The molecule has 6 heteroatoms. The monoisotopic (exact) mass is 455 g/mol. The van der Waals surface area contributed by atoms with Crippen LogP contribution in [0, 0.1) is 5.92 Å². The Labute approximate surface area is 197 Å². The summed E-state index contributed by atoms with van der Waals surface area (Å²) in [7, 11) is 0. The largest absolute Gasteiger partial charge is 0.508 e. The lowest BCUT2D eigenvalue weighted by Crippen LogP contribution is -2.32. The molecule has 0 amide bonds. The van der Waals surface area contributed by atoms with Crippen LogP contribution in [0.1, 0.15) is 50.2 Å². The zero-order chi connectivity index (χ0) is 23.5. The lowest BCUT2D eigenvalue weighted by molar-refractivity contribution is 0.282. The van der Waals surface area contributed by atoms with Gasteiger partial charge in [0.25, 0.3) is 0 Å². The molecule has 1 aromatic rings. The maximum absolute atomic E-state index is 12.7. The van der Waals surface area contributed by atoms with Crippen LogP contribution in [-0.2, 0) is 12.8 Å². The molecule has 0 aliphatic carbocycles. The molecule has 3 rings (SSSR count). The van der Waals surface area contributed by atoms with Crippen molar-refractivity contribution in [2.45, 2.75) is 51.9 Å². The smallest absolute Gasteiger partial charge is 0.133 e. The predicted octanol–water partition coefficient (Wildman–Crippen LogP) is 4.67. The number of aliphatic hydroxyl groups excluding tert-OH is 1. The van der Waals surface area contributed by atoms with Crippen LogP contribution < -0.4 is 5.32 Å². The van der Waals surface area contributed by atoms with E-state index in [4.69, 9.17) is 10.1 Å². The lowest BCUT2D eigenvalue weighted by Gasteiger charge is -2.27. The van der Waals surface area contributed by atoms with Crippen molar-refractivity contribution in [1.29, 1.82) is 0 Å². The molecule has 1 unspecified atom stereocenters. The van der Waals surface area contributed by atoms with Crippen molar-refractivity contribution in [3.05, 3.63) is 65.0 Å². The molecule has 33 heavy (non-hydrogen) atoms. The molecular weight excluding hydrogens is 417 g/mol. The minimum Gasteiger partial charge on any atom is -0.508 e. The van der Waals surface area contributed by atoms with Gasteiger partial charge in [-0.1, -0.05) is 32.3 Å². The number of allylic oxidation sites excluding steroid dienone is 2. The second-order valence-electron chi connectivity index (χ2n) is 9.11. The van der Waals surface area contributed by atoms with Crippen LogP contribution in [0.2, 0.25) is 0 Å². The molecule has 0 aromatic heterocycles. The van der Waals surface area contributed by atoms with Gasteiger partial charge in [0, 0.05) is 32.4 Å². The molecule has 0 bridgehead atoms. The zero-order valence-electron chi connectivity index (χ0n) is 19.8. The number of halogens is 1. The number of phenolic OH excluding ortho intramolecular Hbond substituents is 1. The van der Waals surface area contributed by atoms with Crippen molar-refractivity contribution >= 4 is 5.84 Å². The Hall–Kier alpha value is -2.44. The van der Waals surface area contributed by atoms with Crippen molar-refractivity contribution in [2.75, 3.05) is 32.9 Å². The normalized spacial score (nSPS) is 16.2. The average Bonchev–Trinajstić information content (AvgIpc) is 2.82. The standard InChI is InChI=1S/C27H38FN3O2/c1-21(18-28)19-29-20-25-11-13-31-12-10-22(16-27(31)30-25)15-24-8-9-26(33)17-23(24)7-5-3-2-4-6-14-32/h8-12,16-17,21,29,32-33H,2-7,13-15,18-20H2,1H3. The average molecular weight is 456 g/mol. The van der Waals surface area contributed by atoms with E-state index in [1.54, 1.807) is 6.07 Å². The number of aromatic hydroxyl groups is 1. The molecule has 1 atom stereocenters. The Bertz CT molecular complexity index is 891. The van der Waals surface area contributed by atoms with E-state index >= 15 is 0 Å². The molecule has 0 radical (unpaired) electrons. The van der Waals surface area contributed by atoms with Crippen LogP contribution in [0.5, 0.6) is 5.75 Å². The number of alkyl halides is 1. The summed E-state index contributed by atoms with van der Waals surface area (Å²) in [6, 6.07) is 5.69. The summed E-state index contributed by atoms with van der Waals surface area (Å²) < 4.78 is 12.7. The van der Waals surface area contributed by atoms with Gasteiger partial charge in [0.1, 0.15) is 11.6 Å². The Morgan fingerprint density at radius 2 is 1.97 bits per heavy atom. The molecule has 180 valence electrons. The molecular formula is C27H38FN3O2. The first kappa shape index (κ1) is 25.2. The Morgan fingerprint density at radius 3 is 2.79 bits per heavy atom. The fourth-order valence-electron chi connectivity index (χ4n) is 4.12. The van der Waals surface area contributed by atoms with E-state index in [0.29, 0.717) is 18.8 Å². The number of hydrogen-bond donors (Lipinski definition) is 3. The van der Waals surface area contributed by atoms with E-state index in [9.17, 15) is 9.50 Å². The summed E-state index contributed by atoms with van der Waals surface area (Å²) in [5.74, 6) is 1.27. The van der Waals surface area contributed by atoms with Crippen LogP contribution in [0.25, 0.3) is 0 Å². The van der Waals surface area contributed by atoms with E-state index in [0.717, 1.165) is 63.0 Å². The van der Waals surface area contributed by atoms with Crippen LogP contribution in [0.15, 0.2) is 58.9 Å². The second kappa shape index (κ2) is 13.3. The van der Waals surface area contributed by atoms with Gasteiger partial charge >= 0.3 is 0 Å². The van der Waals surface area contributed by atoms with Gasteiger partial charge in [-0.3, -0.25) is 4.39 Å². The molecule has 0 fully saturated rings. The minimum absolute atomic E-state index is 0.0162. The van der Waals surface area contributed by atoms with E-state index in [1.807, 2.05) is 19.1 Å². The van der Waals surface area contributed by atoms with E-state index < -0.39 is 0 Å². The zero-order valence-corrected chi connectivity index (χ0v) is 19.8. The van der Waals surface area contributed by atoms with Crippen LogP contribution in [0.3, 0.4) is 0 Å². The van der Waals surface area contributed by atoms with Crippen LogP contribution >= 0.6 is 0 Å². The van der Waals surface area contributed by atoms with Gasteiger partial charge in [-0.25, -0.2) is 4.99 Å². The van der Waals surface area contributed by atoms with Crippen LogP contribution in [0.4, 0.5) is 4.39 Å². The first-order valence-corrected chi connectivity index (χ1v) is 12.2. The maximum atomic E-state index is 12.7. The topological polar surface area (TPSA) is 68.1 Å². The summed E-state index contributed by atoms with van der Waals surface area (Å²) >= 11 is 0. The molecule has 2 aliphatic rings. The number of amidine groups is 1. The number of nitrogens with zero attached hydrogens (tertiary/aromatic N) is 2. The predicted molar refractivity (Wildman–Crippen MR) is 133 cm³/mol. The van der Waals surface area contributed by atoms with Gasteiger partial charge in [0.05, 0.1) is 12.4 Å². The molecule has 1 aromatic carbocycles. The van der Waals surface area contributed by atoms with Gasteiger partial charge < -0.3 is 20.4 Å². The fourth-order valence-corrected chi connectivity index (χ4v) is 4.12. The van der Waals surface area contributed by atoms with Crippen molar-refractivity contribution in [3.8, 4) is 5.75 Å². The number of aliphatic hydroxyl groups is 1. The molecule has 0 spiro atoms. The first-order valence-electron chi connectivity index (χ1n) is 12.2. The highest BCUT2D eigenvalue weighted by atomic mass is 19.1. The van der Waals surface area contributed by atoms with Gasteiger partial charge in [0.15, 0.2) is 0 Å². The Morgan fingerprint density at radius 1 is 1.15 bits per heavy atom. The quantitative estimate of drug-likeness (QED) is 0.357. The number of phenols is 1. The number of benzene rings is 1. The Kier molecular flexibility index (Phi) is 10.2. The molecule has 3 N–H and O–H groups in total. The number of nitrogens with one attached hydrogen (secondary N) is 1. The number of aryl methyl sites for hydroxylation is 1. The van der Waals surface area contributed by atoms with Crippen LogP contribution in [-0.4, -0.2) is 53.9 Å². The molecule has 0 saturated carbocycles. The fraction of sp³-hybridized carbons (Fsp3) is 0.519. The van der Waals surface area contributed by atoms with Crippen molar-refractivity contribution in [1.82, 2.24) is 10.2 Å². The molecule has 0 saturated heterocycles. The number of unbranched alkanes of at least 4 members (excludes halogenated alkanes) is 4. The first-order chi connectivity index (χ1) is 16.1. The highest BCUT2D eigenvalue weighted by Crippen LogP contribution is 2.24. The summed E-state index contributed by atoms with van der Waals surface area (Å²) in [6.07, 6.45) is 15.5. The van der Waals surface area contributed by atoms with Gasteiger partial charge in [-0.05, 0) is 78.7 Å². The summed E-state index contributed by atoms with van der Waals surface area (Å²) in [5.41, 5.74) is 4.62. The second-order valence-corrected chi connectivity index (χ2v) is 9.11. The van der Waals surface area contributed by atoms with Gasteiger partial charge in [-0.15, -0.1) is 0 Å². The molecule has 2 aliphatic heterocycles. The summed E-state index contributed by atoms with van der Waals surface area (Å²) in [5, 5.41) is 22.2. The van der Waals surface area contributed by atoms with Crippen molar-refractivity contribution in [2.24, 2.45) is 10.9 Å². The maximum Gasteiger partial charge on any atom is 0.133 e. The third-order valence-electron chi connectivity index (χ3n) is 6.11. The minimum atomic E-state index is -0.311. The van der Waals surface area contributed by atoms with Crippen molar-refractivity contribution in [3.63, 3.8) is 0 Å². The third kappa shape index (κ3) is 8.13. The van der Waals surface area contributed by atoms with E-state index in [1.165, 1.54) is 16.7 Å². The SMILES string of the molecule is CC(CF)CNCC1=CCN2C=CC(Cc3ccc(O)cc3CCCCCCCO)=CC2=N1. The summed E-state index contributed by atoms with van der Waals surface area (Å²) in [4.78, 5) is 6.93. The number of hydrogen-bond acceptors (Lipinski definition) is 5.